The third-order valence-corrected chi connectivity index (χ3v) is 7.25. The molecule has 6 rings (SSSR count). The van der Waals surface area contributed by atoms with E-state index in [1.165, 1.54) is 38.5 Å². The lowest BCUT2D eigenvalue weighted by molar-refractivity contribution is -0.0492. The molecule has 4 bridgehead atoms. The Morgan fingerprint density at radius 2 is 1.70 bits per heavy atom. The minimum absolute atomic E-state index is 0.225. The number of nitrogens with zero attached hydrogens (tertiary/aromatic N) is 2. The summed E-state index contributed by atoms with van der Waals surface area (Å²) in [6.07, 6.45) is 10.3. The molecule has 4 nitrogen and oxygen atoms in total. The van der Waals surface area contributed by atoms with Crippen molar-refractivity contribution in [1.29, 1.82) is 0 Å². The molecule has 0 atom stereocenters. The Morgan fingerprint density at radius 3 is 2.33 bits per heavy atom. The molecular formula is C20H22Cl2N4S. The van der Waals surface area contributed by atoms with E-state index in [0.29, 0.717) is 15.2 Å². The van der Waals surface area contributed by atoms with Crippen LogP contribution in [0.2, 0.25) is 10.0 Å². The summed E-state index contributed by atoms with van der Waals surface area (Å²) in [7, 11) is 0. The highest BCUT2D eigenvalue weighted by Crippen LogP contribution is 2.58. The molecule has 27 heavy (non-hydrogen) atoms. The van der Waals surface area contributed by atoms with Gasteiger partial charge in [-0.05, 0) is 86.7 Å². The van der Waals surface area contributed by atoms with Crippen molar-refractivity contribution < 1.29 is 0 Å². The van der Waals surface area contributed by atoms with E-state index in [4.69, 9.17) is 40.5 Å². The first-order valence-electron chi connectivity index (χ1n) is 9.58. The summed E-state index contributed by atoms with van der Waals surface area (Å²) in [6, 6.07) is 7.29. The van der Waals surface area contributed by atoms with Crippen LogP contribution in [0.3, 0.4) is 0 Å². The number of rotatable bonds is 3. The number of benzene rings is 1. The van der Waals surface area contributed by atoms with Crippen molar-refractivity contribution in [3.63, 3.8) is 0 Å². The van der Waals surface area contributed by atoms with E-state index in [-0.39, 0.29) is 5.54 Å². The monoisotopic (exact) mass is 420 g/mol. The van der Waals surface area contributed by atoms with Crippen molar-refractivity contribution in [2.45, 2.75) is 44.1 Å². The first-order chi connectivity index (χ1) is 13.0. The van der Waals surface area contributed by atoms with Gasteiger partial charge < -0.3 is 10.6 Å². The molecule has 0 radical (unpaired) electrons. The van der Waals surface area contributed by atoms with Crippen molar-refractivity contribution in [2.75, 3.05) is 10.6 Å². The molecule has 7 heteroatoms. The van der Waals surface area contributed by atoms with Crippen molar-refractivity contribution in [3.05, 3.63) is 40.5 Å². The van der Waals surface area contributed by atoms with Crippen LogP contribution >= 0.6 is 35.4 Å². The number of halogens is 2. The van der Waals surface area contributed by atoms with Crippen molar-refractivity contribution in [3.8, 4) is 0 Å². The summed E-state index contributed by atoms with van der Waals surface area (Å²) in [5, 5.41) is 12.7. The van der Waals surface area contributed by atoms with E-state index in [9.17, 15) is 0 Å². The molecule has 142 valence electrons. The summed E-state index contributed by atoms with van der Waals surface area (Å²) in [4.78, 5) is 0. The van der Waals surface area contributed by atoms with Crippen LogP contribution in [0.5, 0.6) is 0 Å². The summed E-state index contributed by atoms with van der Waals surface area (Å²) >= 11 is 17.6. The van der Waals surface area contributed by atoms with Crippen LogP contribution < -0.4 is 10.6 Å². The number of aromatic nitrogens is 2. The van der Waals surface area contributed by atoms with Crippen LogP contribution in [-0.4, -0.2) is 14.9 Å². The summed E-state index contributed by atoms with van der Waals surface area (Å²) in [6.45, 7) is 0. The molecule has 2 aromatic rings. The molecule has 0 saturated heterocycles. The van der Waals surface area contributed by atoms with Crippen molar-refractivity contribution in [2.24, 2.45) is 17.8 Å². The second-order valence-corrected chi connectivity index (χ2v) is 9.74. The van der Waals surface area contributed by atoms with Crippen LogP contribution in [0.25, 0.3) is 0 Å². The highest BCUT2D eigenvalue weighted by atomic mass is 35.5. The van der Waals surface area contributed by atoms with E-state index >= 15 is 0 Å². The first kappa shape index (κ1) is 17.8. The lowest BCUT2D eigenvalue weighted by atomic mass is 9.53. The molecule has 4 aliphatic carbocycles. The Kier molecular flexibility index (Phi) is 4.37. The van der Waals surface area contributed by atoms with Gasteiger partial charge in [0.05, 0.1) is 16.2 Å². The lowest BCUT2D eigenvalue weighted by Gasteiger charge is -2.56. The maximum Gasteiger partial charge on any atom is 0.176 e. The molecule has 1 aromatic carbocycles. The molecule has 0 unspecified atom stereocenters. The molecule has 1 heterocycles. The van der Waals surface area contributed by atoms with E-state index in [0.717, 1.165) is 29.3 Å². The maximum atomic E-state index is 6.20. The third kappa shape index (κ3) is 3.34. The molecule has 0 aliphatic heterocycles. The largest absolute Gasteiger partial charge is 0.331 e. The molecule has 0 spiro atoms. The van der Waals surface area contributed by atoms with Crippen LogP contribution in [0.15, 0.2) is 30.5 Å². The van der Waals surface area contributed by atoms with Gasteiger partial charge in [-0.3, -0.25) is 4.68 Å². The third-order valence-electron chi connectivity index (χ3n) is 6.50. The fourth-order valence-electron chi connectivity index (χ4n) is 5.86. The van der Waals surface area contributed by atoms with Gasteiger partial charge in [0.25, 0.3) is 0 Å². The van der Waals surface area contributed by atoms with Gasteiger partial charge >= 0.3 is 0 Å². The number of anilines is 2. The molecule has 4 aliphatic rings. The zero-order valence-corrected chi connectivity index (χ0v) is 17.2. The Labute approximate surface area is 174 Å². The summed E-state index contributed by atoms with van der Waals surface area (Å²) in [5.74, 6) is 3.46. The van der Waals surface area contributed by atoms with E-state index in [2.05, 4.69) is 21.5 Å². The van der Waals surface area contributed by atoms with E-state index in [1.54, 1.807) is 12.1 Å². The maximum absolute atomic E-state index is 6.20. The van der Waals surface area contributed by atoms with Crippen molar-refractivity contribution >= 4 is 52.0 Å². The quantitative estimate of drug-likeness (QED) is 0.604. The van der Waals surface area contributed by atoms with Gasteiger partial charge in [-0.25, -0.2) is 0 Å². The van der Waals surface area contributed by atoms with Gasteiger partial charge in [-0.15, -0.1) is 0 Å². The van der Waals surface area contributed by atoms with E-state index in [1.807, 2.05) is 12.1 Å². The highest BCUT2D eigenvalue weighted by Gasteiger charge is 2.52. The fraction of sp³-hybridized carbons (Fsp3) is 0.500. The van der Waals surface area contributed by atoms with Crippen molar-refractivity contribution in [1.82, 2.24) is 9.78 Å². The summed E-state index contributed by atoms with van der Waals surface area (Å²) < 4.78 is 2.22. The van der Waals surface area contributed by atoms with Gasteiger partial charge in [-0.1, -0.05) is 23.2 Å². The topological polar surface area (TPSA) is 41.9 Å². The Hall–Kier alpha value is -1.30. The number of hydrogen-bond donors (Lipinski definition) is 2. The van der Waals surface area contributed by atoms with Gasteiger partial charge in [0.1, 0.15) is 0 Å². The zero-order valence-electron chi connectivity index (χ0n) is 14.9. The number of nitrogens with one attached hydrogen (secondary N) is 2. The van der Waals surface area contributed by atoms with Gasteiger partial charge in [0.15, 0.2) is 10.9 Å². The average molecular weight is 421 g/mol. The smallest absolute Gasteiger partial charge is 0.176 e. The number of thiocarbonyl (C=S) groups is 1. The van der Waals surface area contributed by atoms with Gasteiger partial charge in [0.2, 0.25) is 0 Å². The minimum atomic E-state index is 0.225. The Morgan fingerprint density at radius 1 is 1.04 bits per heavy atom. The first-order valence-corrected chi connectivity index (χ1v) is 10.7. The van der Waals surface area contributed by atoms with E-state index < -0.39 is 0 Å². The standard InChI is InChI=1S/C20H22Cl2N4S/c21-15-1-2-17(16(22)8-15)23-19(27)24-18-3-4-26(25-18)20-9-12-5-13(10-20)7-14(6-12)11-20/h1-4,8,12-14H,5-7,9-11H2,(H2,23,24,25,27). The second-order valence-electron chi connectivity index (χ2n) is 8.49. The molecule has 1 aromatic heterocycles. The molecule has 0 amide bonds. The normalized spacial score (nSPS) is 31.1. The summed E-state index contributed by atoms with van der Waals surface area (Å²) in [5.41, 5.74) is 0.947. The second kappa shape index (κ2) is 6.64. The van der Waals surface area contributed by atoms with Gasteiger partial charge in [0, 0.05) is 17.3 Å². The average Bonchev–Trinajstić information content (AvgIpc) is 3.05. The van der Waals surface area contributed by atoms with Crippen LogP contribution in [-0.2, 0) is 5.54 Å². The van der Waals surface area contributed by atoms with Crippen LogP contribution in [0, 0.1) is 17.8 Å². The van der Waals surface area contributed by atoms with Gasteiger partial charge in [-0.2, -0.15) is 5.10 Å². The Bertz CT molecular complexity index is 859. The minimum Gasteiger partial charge on any atom is -0.331 e. The Balaban J connectivity index is 1.29. The molecule has 4 saturated carbocycles. The number of hydrogen-bond acceptors (Lipinski definition) is 2. The van der Waals surface area contributed by atoms with Crippen LogP contribution in [0.4, 0.5) is 11.5 Å². The molecule has 4 fully saturated rings. The predicted octanol–water partition coefficient (Wildman–Crippen LogP) is 5.92. The zero-order chi connectivity index (χ0) is 18.6. The predicted molar refractivity (Wildman–Crippen MR) is 115 cm³/mol. The lowest BCUT2D eigenvalue weighted by Crippen LogP contribution is -2.52. The SMILES string of the molecule is S=C(Nc1ccn(C23CC4CC(CC(C4)C2)C3)n1)Nc1ccc(Cl)cc1Cl. The molecule has 2 N–H and O–H groups in total. The highest BCUT2D eigenvalue weighted by molar-refractivity contribution is 7.80. The van der Waals surface area contributed by atoms with Crippen LogP contribution in [0.1, 0.15) is 38.5 Å². The molecular weight excluding hydrogens is 399 g/mol. The fourth-order valence-corrected chi connectivity index (χ4v) is 6.53.